The topological polar surface area (TPSA) is 91.6 Å². The zero-order valence-electron chi connectivity index (χ0n) is 10.9. The number of rotatable bonds is 7. The second-order valence-electron chi connectivity index (χ2n) is 4.01. The van der Waals surface area contributed by atoms with E-state index in [0.29, 0.717) is 17.9 Å². The van der Waals surface area contributed by atoms with Crippen molar-refractivity contribution in [2.24, 2.45) is 0 Å². The minimum atomic E-state index is -1.03. The van der Waals surface area contributed by atoms with Crippen LogP contribution in [0.3, 0.4) is 0 Å². The van der Waals surface area contributed by atoms with E-state index < -0.39 is 18.0 Å². The average Bonchev–Trinajstić information content (AvgIpc) is 2.77. The Morgan fingerprint density at radius 1 is 1.47 bits per heavy atom. The van der Waals surface area contributed by atoms with Gasteiger partial charge in [0.1, 0.15) is 17.6 Å². The summed E-state index contributed by atoms with van der Waals surface area (Å²) in [7, 11) is 0. The van der Waals surface area contributed by atoms with Gasteiger partial charge in [-0.1, -0.05) is 0 Å². The monoisotopic (exact) mass is 286 g/mol. The van der Waals surface area contributed by atoms with Gasteiger partial charge in [-0.25, -0.2) is 9.59 Å². The van der Waals surface area contributed by atoms with Crippen LogP contribution in [-0.4, -0.2) is 35.2 Å². The summed E-state index contributed by atoms with van der Waals surface area (Å²) < 4.78 is 5.29. The Morgan fingerprint density at radius 2 is 2.21 bits per heavy atom. The average molecular weight is 286 g/mol. The van der Waals surface area contributed by atoms with Gasteiger partial charge >= 0.3 is 12.0 Å². The third-order valence-corrected chi connectivity index (χ3v) is 3.08. The Kier molecular flexibility index (Phi) is 6.27. The molecule has 0 radical (unpaired) electrons. The molecule has 1 rings (SSSR count). The molecule has 1 aromatic heterocycles. The number of urea groups is 1. The zero-order valence-corrected chi connectivity index (χ0v) is 11.8. The Hall–Kier alpha value is -1.63. The van der Waals surface area contributed by atoms with Gasteiger partial charge in [-0.05, 0) is 37.5 Å². The summed E-state index contributed by atoms with van der Waals surface area (Å²) in [6.07, 6.45) is 2.28. The van der Waals surface area contributed by atoms with Crippen LogP contribution in [0.4, 0.5) is 4.79 Å². The molecule has 0 bridgehead atoms. The first kappa shape index (κ1) is 15.4. The van der Waals surface area contributed by atoms with Crippen molar-refractivity contribution in [2.75, 3.05) is 12.0 Å². The highest BCUT2D eigenvalue weighted by Crippen LogP contribution is 2.05. The SMILES string of the molecule is CSCCC(NC(=O)NCc1ccc(C)o1)C(=O)O. The van der Waals surface area contributed by atoms with Crippen molar-refractivity contribution in [1.82, 2.24) is 10.6 Å². The Bertz CT molecular complexity index is 433. The molecule has 19 heavy (non-hydrogen) atoms. The number of carbonyl (C=O) groups excluding carboxylic acids is 1. The number of aliphatic carboxylic acids is 1. The molecule has 0 aliphatic heterocycles. The van der Waals surface area contributed by atoms with Crippen molar-refractivity contribution in [3.05, 3.63) is 23.7 Å². The van der Waals surface area contributed by atoms with Gasteiger partial charge in [-0.2, -0.15) is 11.8 Å². The van der Waals surface area contributed by atoms with Crippen LogP contribution < -0.4 is 10.6 Å². The number of furan rings is 1. The summed E-state index contributed by atoms with van der Waals surface area (Å²) in [5, 5.41) is 14.0. The van der Waals surface area contributed by atoms with Crippen molar-refractivity contribution in [3.8, 4) is 0 Å². The van der Waals surface area contributed by atoms with Gasteiger partial charge in [-0.3, -0.25) is 0 Å². The summed E-state index contributed by atoms with van der Waals surface area (Å²) in [5.41, 5.74) is 0. The lowest BCUT2D eigenvalue weighted by atomic mass is 10.2. The van der Waals surface area contributed by atoms with E-state index in [1.165, 1.54) is 11.8 Å². The van der Waals surface area contributed by atoms with Crippen molar-refractivity contribution in [3.63, 3.8) is 0 Å². The van der Waals surface area contributed by atoms with Crippen LogP contribution in [0.2, 0.25) is 0 Å². The van der Waals surface area contributed by atoms with E-state index in [1.807, 2.05) is 13.2 Å². The van der Waals surface area contributed by atoms with E-state index in [2.05, 4.69) is 10.6 Å². The van der Waals surface area contributed by atoms with Crippen molar-refractivity contribution in [2.45, 2.75) is 25.9 Å². The lowest BCUT2D eigenvalue weighted by molar-refractivity contribution is -0.139. The summed E-state index contributed by atoms with van der Waals surface area (Å²) in [6.45, 7) is 2.04. The minimum Gasteiger partial charge on any atom is -0.480 e. The van der Waals surface area contributed by atoms with E-state index >= 15 is 0 Å². The summed E-state index contributed by atoms with van der Waals surface area (Å²) in [6, 6.07) is 2.18. The number of hydrogen-bond acceptors (Lipinski definition) is 4. The van der Waals surface area contributed by atoms with Gasteiger partial charge in [0, 0.05) is 0 Å². The van der Waals surface area contributed by atoms with Crippen molar-refractivity contribution < 1.29 is 19.1 Å². The summed E-state index contributed by atoms with van der Waals surface area (Å²) >= 11 is 1.54. The minimum absolute atomic E-state index is 0.231. The Labute approximate surface area is 115 Å². The predicted molar refractivity (Wildman–Crippen MR) is 73.2 cm³/mol. The molecule has 3 N–H and O–H groups in total. The van der Waals surface area contributed by atoms with Crippen molar-refractivity contribution in [1.29, 1.82) is 0 Å². The van der Waals surface area contributed by atoms with Crippen LogP contribution in [0.5, 0.6) is 0 Å². The maximum absolute atomic E-state index is 11.6. The van der Waals surface area contributed by atoms with Crippen LogP contribution in [0.25, 0.3) is 0 Å². The molecule has 0 fully saturated rings. The van der Waals surface area contributed by atoms with Gasteiger partial charge in [0.25, 0.3) is 0 Å². The molecular weight excluding hydrogens is 268 g/mol. The zero-order chi connectivity index (χ0) is 14.3. The number of carbonyl (C=O) groups is 2. The third-order valence-electron chi connectivity index (χ3n) is 2.43. The highest BCUT2D eigenvalue weighted by Gasteiger charge is 2.19. The van der Waals surface area contributed by atoms with Crippen LogP contribution in [-0.2, 0) is 11.3 Å². The predicted octanol–water partition coefficient (Wildman–Crippen LogP) is 1.59. The molecule has 2 amide bonds. The molecule has 0 aliphatic rings. The largest absolute Gasteiger partial charge is 0.480 e. The Morgan fingerprint density at radius 3 is 2.74 bits per heavy atom. The molecule has 0 spiro atoms. The van der Waals surface area contributed by atoms with Crippen LogP contribution >= 0.6 is 11.8 Å². The smallest absolute Gasteiger partial charge is 0.326 e. The number of thioether (sulfide) groups is 1. The normalized spacial score (nSPS) is 11.9. The number of carboxylic acid groups (broad SMARTS) is 1. The molecule has 6 nitrogen and oxygen atoms in total. The summed E-state index contributed by atoms with van der Waals surface area (Å²) in [5.74, 6) is 1.04. The fraction of sp³-hybridized carbons (Fsp3) is 0.500. The van der Waals surface area contributed by atoms with Crippen LogP contribution in [0.1, 0.15) is 17.9 Å². The fourth-order valence-electron chi connectivity index (χ4n) is 1.45. The van der Waals surface area contributed by atoms with E-state index in [0.717, 1.165) is 5.76 Å². The lowest BCUT2D eigenvalue weighted by Crippen LogP contribution is -2.46. The first-order chi connectivity index (χ1) is 9.02. The lowest BCUT2D eigenvalue weighted by Gasteiger charge is -2.14. The molecule has 106 valence electrons. The number of nitrogens with one attached hydrogen (secondary N) is 2. The molecule has 0 saturated heterocycles. The molecule has 7 heteroatoms. The van der Waals surface area contributed by atoms with E-state index in [4.69, 9.17) is 9.52 Å². The summed E-state index contributed by atoms with van der Waals surface area (Å²) in [4.78, 5) is 22.5. The highest BCUT2D eigenvalue weighted by molar-refractivity contribution is 7.98. The standard InChI is InChI=1S/C12H18N2O4S/c1-8-3-4-9(18-8)7-13-12(17)14-10(11(15)16)5-6-19-2/h3-4,10H,5-7H2,1-2H3,(H,15,16)(H2,13,14,17). The quantitative estimate of drug-likeness (QED) is 0.708. The molecule has 0 aliphatic carbocycles. The van der Waals surface area contributed by atoms with Crippen molar-refractivity contribution >= 4 is 23.8 Å². The van der Waals surface area contributed by atoms with E-state index in [-0.39, 0.29) is 6.54 Å². The van der Waals surface area contributed by atoms with Gasteiger partial charge in [0.05, 0.1) is 6.54 Å². The third kappa shape index (κ3) is 5.69. The first-order valence-electron chi connectivity index (χ1n) is 5.84. The van der Waals surface area contributed by atoms with Crippen LogP contribution in [0.15, 0.2) is 16.5 Å². The number of carboxylic acids is 1. The fourth-order valence-corrected chi connectivity index (χ4v) is 1.92. The highest BCUT2D eigenvalue weighted by atomic mass is 32.2. The van der Waals surface area contributed by atoms with Gasteiger partial charge in [-0.15, -0.1) is 0 Å². The molecular formula is C12H18N2O4S. The van der Waals surface area contributed by atoms with E-state index in [9.17, 15) is 9.59 Å². The van der Waals surface area contributed by atoms with E-state index in [1.54, 1.807) is 12.1 Å². The molecule has 0 saturated carbocycles. The number of amides is 2. The Balaban J connectivity index is 2.37. The molecule has 1 unspecified atom stereocenters. The molecule has 0 aromatic carbocycles. The second-order valence-corrected chi connectivity index (χ2v) is 5.00. The first-order valence-corrected chi connectivity index (χ1v) is 7.23. The van der Waals surface area contributed by atoms with Gasteiger partial charge in [0.15, 0.2) is 0 Å². The van der Waals surface area contributed by atoms with Crippen LogP contribution in [0, 0.1) is 6.92 Å². The number of hydrogen-bond donors (Lipinski definition) is 3. The van der Waals surface area contributed by atoms with Gasteiger partial charge in [0.2, 0.25) is 0 Å². The molecule has 1 aromatic rings. The second kappa shape index (κ2) is 7.73. The number of aryl methyl sites for hydroxylation is 1. The van der Waals surface area contributed by atoms with Gasteiger partial charge < -0.3 is 20.2 Å². The molecule has 1 heterocycles. The molecule has 1 atom stereocenters. The maximum atomic E-state index is 11.6. The maximum Gasteiger partial charge on any atom is 0.326 e.